The third-order valence-corrected chi connectivity index (χ3v) is 5.61. The van der Waals surface area contributed by atoms with Crippen LogP contribution >= 0.6 is 15.9 Å². The van der Waals surface area contributed by atoms with Crippen LogP contribution in [-0.2, 0) is 9.59 Å². The summed E-state index contributed by atoms with van der Waals surface area (Å²) in [5.74, 6) is 0.334. The zero-order valence-corrected chi connectivity index (χ0v) is 18.3. The van der Waals surface area contributed by atoms with Gasteiger partial charge < -0.3 is 19.9 Å². The van der Waals surface area contributed by atoms with Gasteiger partial charge in [-0.15, -0.1) is 0 Å². The summed E-state index contributed by atoms with van der Waals surface area (Å²) < 4.78 is 12.2. The summed E-state index contributed by atoms with van der Waals surface area (Å²) in [4.78, 5) is 24.1. The van der Waals surface area contributed by atoms with Gasteiger partial charge in [0, 0.05) is 10.5 Å². The molecule has 0 atom stereocenters. The molecule has 1 fully saturated rings. The van der Waals surface area contributed by atoms with Crippen molar-refractivity contribution in [1.82, 2.24) is 5.32 Å². The number of hydrogen-bond acceptors (Lipinski definition) is 4. The van der Waals surface area contributed by atoms with Gasteiger partial charge in [-0.05, 0) is 54.8 Å². The number of carbonyl (C=O) groups excluding carboxylic acids is 1. The van der Waals surface area contributed by atoms with Crippen molar-refractivity contribution in [3.05, 3.63) is 58.6 Å². The fourth-order valence-corrected chi connectivity index (χ4v) is 3.90. The van der Waals surface area contributed by atoms with Crippen LogP contribution in [0.25, 0.3) is 6.08 Å². The normalized spacial score (nSPS) is 15.5. The first kappa shape index (κ1) is 21.9. The number of amides is 1. The van der Waals surface area contributed by atoms with E-state index in [2.05, 4.69) is 21.2 Å². The molecule has 3 rings (SSSR count). The van der Waals surface area contributed by atoms with Gasteiger partial charge in [0.15, 0.2) is 11.5 Å². The molecule has 0 aromatic heterocycles. The Labute approximate surface area is 184 Å². The van der Waals surface area contributed by atoms with Crippen molar-refractivity contribution >= 4 is 33.9 Å². The largest absolute Gasteiger partial charge is 0.493 e. The number of rotatable bonds is 7. The molecule has 7 heteroatoms. The van der Waals surface area contributed by atoms with E-state index in [1.165, 1.54) is 6.08 Å². The summed E-state index contributed by atoms with van der Waals surface area (Å²) in [6, 6.07) is 12.8. The molecule has 1 amide bonds. The highest BCUT2D eigenvalue weighted by molar-refractivity contribution is 9.10. The maximum Gasteiger partial charge on any atom is 0.329 e. The SMILES string of the molecule is COc1cc(C=CC(=O)NC2(C(=O)O)CCCCC2)ccc1Oc1cccc(Br)c1. The summed E-state index contributed by atoms with van der Waals surface area (Å²) in [5.41, 5.74) is -0.435. The van der Waals surface area contributed by atoms with E-state index in [0.29, 0.717) is 30.1 Å². The van der Waals surface area contributed by atoms with Crippen molar-refractivity contribution in [2.75, 3.05) is 7.11 Å². The number of nitrogens with one attached hydrogen (secondary N) is 1. The second-order valence-corrected chi connectivity index (χ2v) is 8.16. The highest BCUT2D eigenvalue weighted by Crippen LogP contribution is 2.33. The van der Waals surface area contributed by atoms with Gasteiger partial charge in [-0.2, -0.15) is 0 Å². The van der Waals surface area contributed by atoms with E-state index in [1.807, 2.05) is 24.3 Å². The van der Waals surface area contributed by atoms with Crippen LogP contribution in [0.3, 0.4) is 0 Å². The molecule has 1 saturated carbocycles. The molecule has 0 heterocycles. The lowest BCUT2D eigenvalue weighted by molar-refractivity contribution is -0.148. The van der Waals surface area contributed by atoms with Crippen molar-refractivity contribution in [3.63, 3.8) is 0 Å². The van der Waals surface area contributed by atoms with Gasteiger partial charge in [-0.1, -0.05) is 47.3 Å². The van der Waals surface area contributed by atoms with Gasteiger partial charge in [0.05, 0.1) is 7.11 Å². The van der Waals surface area contributed by atoms with E-state index in [9.17, 15) is 14.7 Å². The molecule has 0 aliphatic heterocycles. The van der Waals surface area contributed by atoms with Crippen molar-refractivity contribution in [2.24, 2.45) is 0 Å². The summed E-state index contributed by atoms with van der Waals surface area (Å²) >= 11 is 3.41. The topological polar surface area (TPSA) is 84.9 Å². The number of carboxylic acids is 1. The Morgan fingerprint density at radius 3 is 2.53 bits per heavy atom. The summed E-state index contributed by atoms with van der Waals surface area (Å²) in [6.07, 6.45) is 6.48. The first-order valence-electron chi connectivity index (χ1n) is 9.77. The van der Waals surface area contributed by atoms with Crippen LogP contribution in [0, 0.1) is 0 Å². The molecule has 158 valence electrons. The average Bonchev–Trinajstić information content (AvgIpc) is 2.73. The van der Waals surface area contributed by atoms with Crippen molar-refractivity contribution in [3.8, 4) is 17.2 Å². The molecule has 0 saturated heterocycles. The third kappa shape index (κ3) is 5.42. The summed E-state index contributed by atoms with van der Waals surface area (Å²) in [6.45, 7) is 0. The number of aliphatic carboxylic acids is 1. The Hall–Kier alpha value is -2.80. The highest BCUT2D eigenvalue weighted by atomic mass is 79.9. The Morgan fingerprint density at radius 2 is 1.87 bits per heavy atom. The minimum atomic E-state index is -1.17. The molecule has 0 bridgehead atoms. The smallest absolute Gasteiger partial charge is 0.329 e. The monoisotopic (exact) mass is 473 g/mol. The number of halogens is 1. The van der Waals surface area contributed by atoms with Crippen LogP contribution in [0.1, 0.15) is 37.7 Å². The maximum absolute atomic E-state index is 12.4. The van der Waals surface area contributed by atoms with Crippen LogP contribution < -0.4 is 14.8 Å². The molecule has 1 aliphatic rings. The molecule has 2 aromatic rings. The maximum atomic E-state index is 12.4. The molecule has 30 heavy (non-hydrogen) atoms. The first-order chi connectivity index (χ1) is 14.4. The average molecular weight is 474 g/mol. The zero-order chi connectivity index (χ0) is 21.6. The van der Waals surface area contributed by atoms with E-state index in [0.717, 1.165) is 29.3 Å². The lowest BCUT2D eigenvalue weighted by atomic mass is 9.81. The van der Waals surface area contributed by atoms with Gasteiger partial charge in [0.25, 0.3) is 0 Å². The van der Waals surface area contributed by atoms with Gasteiger partial charge >= 0.3 is 5.97 Å². The predicted octanol–water partition coefficient (Wildman–Crippen LogP) is 5.17. The van der Waals surface area contributed by atoms with Gasteiger partial charge in [0.2, 0.25) is 5.91 Å². The number of hydrogen-bond donors (Lipinski definition) is 2. The molecule has 1 aliphatic carbocycles. The second kappa shape index (κ2) is 9.80. The van der Waals surface area contributed by atoms with Gasteiger partial charge in [-0.25, -0.2) is 4.79 Å². The summed E-state index contributed by atoms with van der Waals surface area (Å²) in [7, 11) is 1.54. The number of ether oxygens (including phenoxy) is 2. The second-order valence-electron chi connectivity index (χ2n) is 7.24. The quantitative estimate of drug-likeness (QED) is 0.541. The van der Waals surface area contributed by atoms with E-state index in [4.69, 9.17) is 9.47 Å². The van der Waals surface area contributed by atoms with Crippen LogP contribution in [0.15, 0.2) is 53.0 Å². The molecule has 0 radical (unpaired) electrons. The highest BCUT2D eigenvalue weighted by Gasteiger charge is 2.40. The summed E-state index contributed by atoms with van der Waals surface area (Å²) in [5, 5.41) is 12.3. The lowest BCUT2D eigenvalue weighted by Gasteiger charge is -2.33. The Bertz CT molecular complexity index is 950. The van der Waals surface area contributed by atoms with Crippen LogP contribution in [-0.4, -0.2) is 29.6 Å². The number of carbonyl (C=O) groups is 2. The van der Waals surface area contributed by atoms with Gasteiger partial charge in [-0.3, -0.25) is 4.79 Å². The van der Waals surface area contributed by atoms with Crippen molar-refractivity contribution in [1.29, 1.82) is 0 Å². The fraction of sp³-hybridized carbons (Fsp3) is 0.304. The lowest BCUT2D eigenvalue weighted by Crippen LogP contribution is -2.55. The number of benzene rings is 2. The van der Waals surface area contributed by atoms with Crippen LogP contribution in [0.5, 0.6) is 17.2 Å². The first-order valence-corrected chi connectivity index (χ1v) is 10.6. The van der Waals surface area contributed by atoms with E-state index in [1.54, 1.807) is 31.4 Å². The van der Waals surface area contributed by atoms with E-state index < -0.39 is 17.4 Å². The molecule has 2 N–H and O–H groups in total. The molecule has 6 nitrogen and oxygen atoms in total. The van der Waals surface area contributed by atoms with E-state index >= 15 is 0 Å². The zero-order valence-electron chi connectivity index (χ0n) is 16.7. The minimum Gasteiger partial charge on any atom is -0.493 e. The fourth-order valence-electron chi connectivity index (χ4n) is 3.53. The molecule has 0 unspecified atom stereocenters. The van der Waals surface area contributed by atoms with Crippen molar-refractivity contribution in [2.45, 2.75) is 37.6 Å². The third-order valence-electron chi connectivity index (χ3n) is 5.12. The molecular weight excluding hydrogens is 450 g/mol. The number of methoxy groups -OCH3 is 1. The molecule has 0 spiro atoms. The van der Waals surface area contributed by atoms with Crippen LogP contribution in [0.4, 0.5) is 0 Å². The Balaban J connectivity index is 1.70. The Morgan fingerprint density at radius 1 is 1.10 bits per heavy atom. The van der Waals surface area contributed by atoms with E-state index in [-0.39, 0.29) is 0 Å². The Kier molecular flexibility index (Phi) is 7.15. The van der Waals surface area contributed by atoms with Crippen molar-refractivity contribution < 1.29 is 24.2 Å². The standard InChI is InChI=1S/C23H24BrNO5/c1-29-20-14-16(8-10-19(20)30-18-7-5-6-17(24)15-18)9-11-21(26)25-23(22(27)28)12-3-2-4-13-23/h5-11,14-15H,2-4,12-13H2,1H3,(H,25,26)(H,27,28). The number of carboxylic acid groups (broad SMARTS) is 1. The van der Waals surface area contributed by atoms with Crippen LogP contribution in [0.2, 0.25) is 0 Å². The molecule has 2 aromatic carbocycles. The van der Waals surface area contributed by atoms with Gasteiger partial charge in [0.1, 0.15) is 11.3 Å². The molecular formula is C23H24BrNO5. The minimum absolute atomic E-state index is 0.423. The predicted molar refractivity (Wildman–Crippen MR) is 118 cm³/mol.